The molecule has 0 bridgehead atoms. The first-order chi connectivity index (χ1) is 11.6. The predicted octanol–water partition coefficient (Wildman–Crippen LogP) is 2.30. The number of carbonyl (C=O) groups excluding carboxylic acids is 2. The van der Waals surface area contributed by atoms with Crippen molar-refractivity contribution in [3.63, 3.8) is 0 Å². The van der Waals surface area contributed by atoms with Gasteiger partial charge in [0.05, 0.1) is 6.10 Å². The van der Waals surface area contributed by atoms with Gasteiger partial charge in [-0.05, 0) is 42.9 Å². The van der Waals surface area contributed by atoms with Crippen LogP contribution in [0.2, 0.25) is 0 Å². The summed E-state index contributed by atoms with van der Waals surface area (Å²) in [6, 6.07) is 7.44. The van der Waals surface area contributed by atoms with Crippen molar-refractivity contribution in [1.29, 1.82) is 0 Å². The summed E-state index contributed by atoms with van der Waals surface area (Å²) in [5.41, 5.74) is 1.66. The van der Waals surface area contributed by atoms with Crippen LogP contribution in [0, 0.1) is 5.92 Å². The van der Waals surface area contributed by atoms with Gasteiger partial charge in [-0.3, -0.25) is 9.59 Å². The van der Waals surface area contributed by atoms with Crippen LogP contribution in [0.1, 0.15) is 48.5 Å². The smallest absolute Gasteiger partial charge is 0.251 e. The molecule has 1 aromatic carbocycles. The van der Waals surface area contributed by atoms with Crippen LogP contribution in [0.3, 0.4) is 0 Å². The highest BCUT2D eigenvalue weighted by Gasteiger charge is 2.19. The third kappa shape index (κ3) is 5.96. The molecule has 1 aliphatic carbocycles. The fraction of sp³-hybridized carbons (Fsp3) is 0.579. The van der Waals surface area contributed by atoms with Crippen LogP contribution in [0.15, 0.2) is 24.3 Å². The molecule has 0 saturated heterocycles. The van der Waals surface area contributed by atoms with Gasteiger partial charge in [0, 0.05) is 19.2 Å². The zero-order valence-corrected chi connectivity index (χ0v) is 14.6. The Kier molecular flexibility index (Phi) is 7.25. The molecule has 1 saturated carbocycles. The molecule has 0 spiro atoms. The summed E-state index contributed by atoms with van der Waals surface area (Å²) in [6.45, 7) is 2.92. The second-order valence-corrected chi connectivity index (χ2v) is 6.58. The lowest BCUT2D eigenvalue weighted by atomic mass is 9.89. The van der Waals surface area contributed by atoms with Crippen molar-refractivity contribution < 1.29 is 14.3 Å². The van der Waals surface area contributed by atoms with Gasteiger partial charge in [-0.2, -0.15) is 0 Å². The Morgan fingerprint density at radius 1 is 1.29 bits per heavy atom. The standard InChI is InChI=1S/C19H28N2O3/c1-14-5-3-8-17(11-14)24-13-18(22)21-10-9-15-6-4-7-16(12-15)19(23)20-2/h4,6-7,12,14,17H,3,5,8-11,13H2,1-2H3,(H,20,23)(H,21,22)/t14-,17-/m0/s1. The molecule has 2 N–H and O–H groups in total. The quantitative estimate of drug-likeness (QED) is 0.805. The summed E-state index contributed by atoms with van der Waals surface area (Å²) >= 11 is 0. The number of hydrogen-bond donors (Lipinski definition) is 2. The van der Waals surface area contributed by atoms with Crippen LogP contribution in [0.5, 0.6) is 0 Å². The largest absolute Gasteiger partial charge is 0.368 e. The average Bonchev–Trinajstić information content (AvgIpc) is 2.59. The van der Waals surface area contributed by atoms with Crippen molar-refractivity contribution in [2.75, 3.05) is 20.2 Å². The monoisotopic (exact) mass is 332 g/mol. The molecule has 132 valence electrons. The SMILES string of the molecule is CNC(=O)c1cccc(CCNC(=O)CO[C@H]2CCC[C@H](C)C2)c1. The third-order valence-electron chi connectivity index (χ3n) is 4.49. The highest BCUT2D eigenvalue weighted by molar-refractivity contribution is 5.94. The topological polar surface area (TPSA) is 67.4 Å². The van der Waals surface area contributed by atoms with E-state index in [-0.39, 0.29) is 24.5 Å². The highest BCUT2D eigenvalue weighted by atomic mass is 16.5. The van der Waals surface area contributed by atoms with Gasteiger partial charge in [0.25, 0.3) is 5.91 Å². The molecular weight excluding hydrogens is 304 g/mol. The molecule has 0 unspecified atom stereocenters. The summed E-state index contributed by atoms with van der Waals surface area (Å²) in [4.78, 5) is 23.5. The van der Waals surface area contributed by atoms with E-state index in [2.05, 4.69) is 17.6 Å². The lowest BCUT2D eigenvalue weighted by Crippen LogP contribution is -2.32. The summed E-state index contributed by atoms with van der Waals surface area (Å²) in [6.07, 6.45) is 5.49. The van der Waals surface area contributed by atoms with Crippen LogP contribution in [0.25, 0.3) is 0 Å². The Hall–Kier alpha value is -1.88. The summed E-state index contributed by atoms with van der Waals surface area (Å²) < 4.78 is 5.72. The van der Waals surface area contributed by atoms with Crippen molar-refractivity contribution in [1.82, 2.24) is 10.6 Å². The van der Waals surface area contributed by atoms with E-state index in [1.165, 1.54) is 12.8 Å². The van der Waals surface area contributed by atoms with E-state index < -0.39 is 0 Å². The van der Waals surface area contributed by atoms with Gasteiger partial charge in [0.15, 0.2) is 0 Å². The fourth-order valence-corrected chi connectivity index (χ4v) is 3.13. The Balaban J connectivity index is 1.68. The van der Waals surface area contributed by atoms with Gasteiger partial charge >= 0.3 is 0 Å². The molecule has 2 rings (SSSR count). The predicted molar refractivity (Wildman–Crippen MR) is 93.9 cm³/mol. The number of nitrogens with one attached hydrogen (secondary N) is 2. The maximum Gasteiger partial charge on any atom is 0.251 e. The maximum atomic E-state index is 11.9. The van der Waals surface area contributed by atoms with E-state index in [1.54, 1.807) is 13.1 Å². The van der Waals surface area contributed by atoms with Gasteiger partial charge in [-0.1, -0.05) is 31.9 Å². The van der Waals surface area contributed by atoms with Gasteiger partial charge in [0.1, 0.15) is 6.61 Å². The Bertz CT molecular complexity index is 559. The molecule has 2 atom stereocenters. The van der Waals surface area contributed by atoms with Crippen molar-refractivity contribution in [2.45, 2.75) is 45.1 Å². The lowest BCUT2D eigenvalue weighted by molar-refractivity contribution is -0.128. The maximum absolute atomic E-state index is 11.9. The number of amides is 2. The number of carbonyl (C=O) groups is 2. The second kappa shape index (κ2) is 9.42. The number of rotatable bonds is 7. The molecule has 0 heterocycles. The zero-order chi connectivity index (χ0) is 17.4. The lowest BCUT2D eigenvalue weighted by Gasteiger charge is -2.26. The number of hydrogen-bond acceptors (Lipinski definition) is 3. The summed E-state index contributed by atoms with van der Waals surface area (Å²) in [5.74, 6) is 0.520. The van der Waals surface area contributed by atoms with Crippen molar-refractivity contribution in [2.24, 2.45) is 5.92 Å². The number of ether oxygens (including phenoxy) is 1. The van der Waals surface area contributed by atoms with Crippen molar-refractivity contribution in [3.8, 4) is 0 Å². The minimum atomic E-state index is -0.101. The van der Waals surface area contributed by atoms with Crippen molar-refractivity contribution in [3.05, 3.63) is 35.4 Å². The molecule has 5 heteroatoms. The van der Waals surface area contributed by atoms with Crippen LogP contribution in [0.4, 0.5) is 0 Å². The van der Waals surface area contributed by atoms with Crippen LogP contribution < -0.4 is 10.6 Å². The van der Waals surface area contributed by atoms with E-state index in [4.69, 9.17) is 4.74 Å². The van der Waals surface area contributed by atoms with Crippen LogP contribution >= 0.6 is 0 Å². The molecule has 0 aromatic heterocycles. The molecule has 0 radical (unpaired) electrons. The number of benzene rings is 1. The van der Waals surface area contributed by atoms with Crippen LogP contribution in [-0.2, 0) is 16.0 Å². The Morgan fingerprint density at radius 2 is 2.12 bits per heavy atom. The normalized spacial score (nSPS) is 20.4. The first-order valence-electron chi connectivity index (χ1n) is 8.77. The fourth-order valence-electron chi connectivity index (χ4n) is 3.13. The molecule has 24 heavy (non-hydrogen) atoms. The van der Waals surface area contributed by atoms with E-state index in [9.17, 15) is 9.59 Å². The van der Waals surface area contributed by atoms with Gasteiger partial charge in [0.2, 0.25) is 5.91 Å². The molecular formula is C19H28N2O3. The van der Waals surface area contributed by atoms with Gasteiger partial charge in [-0.15, -0.1) is 0 Å². The highest BCUT2D eigenvalue weighted by Crippen LogP contribution is 2.25. The summed E-state index contributed by atoms with van der Waals surface area (Å²) in [5, 5.41) is 5.49. The van der Waals surface area contributed by atoms with E-state index in [1.807, 2.05) is 18.2 Å². The molecule has 1 aromatic rings. The minimum Gasteiger partial charge on any atom is -0.368 e. The third-order valence-corrected chi connectivity index (χ3v) is 4.49. The first kappa shape index (κ1) is 18.5. The van der Waals surface area contributed by atoms with Gasteiger partial charge < -0.3 is 15.4 Å². The molecule has 5 nitrogen and oxygen atoms in total. The van der Waals surface area contributed by atoms with E-state index in [0.29, 0.717) is 24.4 Å². The Morgan fingerprint density at radius 3 is 2.88 bits per heavy atom. The average molecular weight is 332 g/mol. The summed E-state index contributed by atoms with van der Waals surface area (Å²) in [7, 11) is 1.61. The molecule has 2 amide bonds. The molecule has 1 aliphatic rings. The molecule has 1 fully saturated rings. The van der Waals surface area contributed by atoms with Crippen molar-refractivity contribution >= 4 is 11.8 Å². The Labute approximate surface area is 144 Å². The molecule has 0 aliphatic heterocycles. The van der Waals surface area contributed by atoms with Crippen LogP contribution in [-0.4, -0.2) is 38.1 Å². The minimum absolute atomic E-state index is 0.0734. The van der Waals surface area contributed by atoms with Gasteiger partial charge in [-0.25, -0.2) is 0 Å². The second-order valence-electron chi connectivity index (χ2n) is 6.58. The first-order valence-corrected chi connectivity index (χ1v) is 8.77. The zero-order valence-electron chi connectivity index (χ0n) is 14.6. The van der Waals surface area contributed by atoms with E-state index >= 15 is 0 Å². The van der Waals surface area contributed by atoms with E-state index in [0.717, 1.165) is 18.4 Å².